The van der Waals surface area contributed by atoms with Crippen molar-refractivity contribution in [3.63, 3.8) is 0 Å². The monoisotopic (exact) mass is 310 g/mol. The second-order valence-corrected chi connectivity index (χ2v) is 5.43. The second-order valence-electron chi connectivity index (χ2n) is 5.06. The average molecular weight is 311 g/mol. The molecule has 0 aliphatic carbocycles. The van der Waals surface area contributed by atoms with Gasteiger partial charge in [0.25, 0.3) is 5.56 Å². The molecule has 1 aliphatic rings. The van der Waals surface area contributed by atoms with Crippen LogP contribution in [0, 0.1) is 5.82 Å². The van der Waals surface area contributed by atoms with Crippen molar-refractivity contribution >= 4 is 17.4 Å². The molecule has 3 heterocycles. The quantitative estimate of drug-likeness (QED) is 0.882. The number of rotatable bonds is 4. The molecule has 0 saturated carbocycles. The van der Waals surface area contributed by atoms with E-state index in [0.717, 1.165) is 31.4 Å². The molecule has 0 unspecified atom stereocenters. The molecular weight excluding hydrogens is 295 g/mol. The summed E-state index contributed by atoms with van der Waals surface area (Å²) in [5.41, 5.74) is 0.225. The molecular formula is C14H16ClFN4O. The van der Waals surface area contributed by atoms with Gasteiger partial charge < -0.3 is 9.88 Å². The Kier molecular flexibility index (Phi) is 3.96. The Hall–Kier alpha value is -1.82. The fourth-order valence-electron chi connectivity index (χ4n) is 2.91. The summed E-state index contributed by atoms with van der Waals surface area (Å²) in [6.07, 6.45) is 4.57. The lowest BCUT2D eigenvalue weighted by Gasteiger charge is -2.26. The number of alkyl halides is 1. The number of nitrogens with zero attached hydrogens (tertiary/aromatic N) is 3. The summed E-state index contributed by atoms with van der Waals surface area (Å²) in [6, 6.07) is 3.10. The fraction of sp³-hybridized carbons (Fsp3) is 0.429. The Morgan fingerprint density at radius 2 is 2.38 bits per heavy atom. The Labute approximate surface area is 126 Å². The van der Waals surface area contributed by atoms with E-state index in [9.17, 15) is 9.18 Å². The Balaban J connectivity index is 1.97. The fourth-order valence-corrected chi connectivity index (χ4v) is 3.07. The maximum Gasteiger partial charge on any atom is 0.253 e. The molecule has 1 saturated heterocycles. The van der Waals surface area contributed by atoms with Crippen molar-refractivity contribution in [3.05, 3.63) is 46.3 Å². The SMILES string of the molecule is O=c1[nH]cc(F)cc1[C@H]1CCCN1c1ccnn1CCCl. The number of anilines is 1. The Bertz CT molecular complexity index is 684. The van der Waals surface area contributed by atoms with Gasteiger partial charge in [0.1, 0.15) is 11.6 Å². The molecule has 0 aromatic carbocycles. The number of nitrogens with one attached hydrogen (secondary N) is 1. The number of H-pyrrole nitrogens is 1. The highest BCUT2D eigenvalue weighted by Crippen LogP contribution is 2.34. The first kappa shape index (κ1) is 14.1. The lowest BCUT2D eigenvalue weighted by molar-refractivity contribution is 0.598. The number of pyridine rings is 1. The highest BCUT2D eigenvalue weighted by Gasteiger charge is 2.30. The summed E-state index contributed by atoms with van der Waals surface area (Å²) in [7, 11) is 0. The van der Waals surface area contributed by atoms with Crippen molar-refractivity contribution in [2.75, 3.05) is 17.3 Å². The van der Waals surface area contributed by atoms with Crippen molar-refractivity contribution < 1.29 is 4.39 Å². The van der Waals surface area contributed by atoms with E-state index in [1.165, 1.54) is 6.07 Å². The predicted octanol–water partition coefficient (Wildman–Crippen LogP) is 2.29. The van der Waals surface area contributed by atoms with Crippen LogP contribution in [-0.4, -0.2) is 27.2 Å². The topological polar surface area (TPSA) is 53.9 Å². The minimum absolute atomic E-state index is 0.129. The van der Waals surface area contributed by atoms with E-state index < -0.39 is 5.82 Å². The highest BCUT2D eigenvalue weighted by molar-refractivity contribution is 6.17. The van der Waals surface area contributed by atoms with Gasteiger partial charge in [-0.15, -0.1) is 11.6 Å². The van der Waals surface area contributed by atoms with E-state index in [-0.39, 0.29) is 11.6 Å². The summed E-state index contributed by atoms with van der Waals surface area (Å²) >= 11 is 5.79. The van der Waals surface area contributed by atoms with Crippen molar-refractivity contribution in [2.24, 2.45) is 0 Å². The largest absolute Gasteiger partial charge is 0.350 e. The summed E-state index contributed by atoms with van der Waals surface area (Å²) in [5, 5.41) is 4.25. The van der Waals surface area contributed by atoms with E-state index >= 15 is 0 Å². The summed E-state index contributed by atoms with van der Waals surface area (Å²) in [4.78, 5) is 16.5. The molecule has 5 nitrogen and oxygen atoms in total. The standard InChI is InChI=1S/C14H16ClFN4O/c15-4-7-20-13(3-5-18-20)19-6-1-2-12(19)11-8-10(16)9-17-14(11)21/h3,5,8-9,12H,1-2,4,6-7H2,(H,17,21)/t12-/m1/s1. The molecule has 1 atom stereocenters. The zero-order valence-corrected chi connectivity index (χ0v) is 12.2. The van der Waals surface area contributed by atoms with Crippen LogP contribution < -0.4 is 10.5 Å². The van der Waals surface area contributed by atoms with Crippen molar-refractivity contribution in [1.82, 2.24) is 14.8 Å². The van der Waals surface area contributed by atoms with Crippen LogP contribution in [0.4, 0.5) is 10.2 Å². The highest BCUT2D eigenvalue weighted by atomic mass is 35.5. The normalized spacial score (nSPS) is 18.4. The number of aromatic nitrogens is 3. The summed E-state index contributed by atoms with van der Waals surface area (Å²) in [6.45, 7) is 1.42. The van der Waals surface area contributed by atoms with Gasteiger partial charge >= 0.3 is 0 Å². The molecule has 0 spiro atoms. The van der Waals surface area contributed by atoms with Crippen LogP contribution in [0.5, 0.6) is 0 Å². The number of aryl methyl sites for hydroxylation is 1. The summed E-state index contributed by atoms with van der Waals surface area (Å²) < 4.78 is 15.3. The molecule has 2 aromatic heterocycles. The maximum atomic E-state index is 13.4. The second kappa shape index (κ2) is 5.89. The molecule has 2 aromatic rings. The first-order valence-electron chi connectivity index (χ1n) is 6.93. The van der Waals surface area contributed by atoms with Crippen LogP contribution >= 0.6 is 11.6 Å². The van der Waals surface area contributed by atoms with E-state index in [1.54, 1.807) is 6.20 Å². The average Bonchev–Trinajstić information content (AvgIpc) is 3.10. The van der Waals surface area contributed by atoms with Crippen molar-refractivity contribution in [2.45, 2.75) is 25.4 Å². The lowest BCUT2D eigenvalue weighted by Crippen LogP contribution is -2.29. The third kappa shape index (κ3) is 2.68. The zero-order valence-electron chi connectivity index (χ0n) is 11.4. The van der Waals surface area contributed by atoms with Crippen molar-refractivity contribution in [1.29, 1.82) is 0 Å². The maximum absolute atomic E-state index is 13.4. The van der Waals surface area contributed by atoms with Gasteiger partial charge in [0, 0.05) is 30.3 Å². The number of hydrogen-bond donors (Lipinski definition) is 1. The first-order valence-corrected chi connectivity index (χ1v) is 7.46. The van der Waals surface area contributed by atoms with Gasteiger partial charge in [-0.2, -0.15) is 5.10 Å². The third-order valence-electron chi connectivity index (χ3n) is 3.79. The van der Waals surface area contributed by atoms with Gasteiger partial charge in [-0.25, -0.2) is 9.07 Å². The van der Waals surface area contributed by atoms with E-state index in [1.807, 2.05) is 10.7 Å². The molecule has 0 radical (unpaired) electrons. The van der Waals surface area contributed by atoms with Crippen LogP contribution in [0.2, 0.25) is 0 Å². The molecule has 7 heteroatoms. The zero-order chi connectivity index (χ0) is 14.8. The minimum Gasteiger partial charge on any atom is -0.350 e. The van der Waals surface area contributed by atoms with Crippen LogP contribution in [0.15, 0.2) is 29.3 Å². The minimum atomic E-state index is -0.425. The van der Waals surface area contributed by atoms with Crippen molar-refractivity contribution in [3.8, 4) is 0 Å². The lowest BCUT2D eigenvalue weighted by atomic mass is 10.1. The number of aromatic amines is 1. The van der Waals surface area contributed by atoms with Crippen LogP contribution in [0.25, 0.3) is 0 Å². The van der Waals surface area contributed by atoms with Gasteiger partial charge in [0.15, 0.2) is 0 Å². The van der Waals surface area contributed by atoms with Crippen LogP contribution in [0.3, 0.4) is 0 Å². The molecule has 1 aliphatic heterocycles. The first-order chi connectivity index (χ1) is 10.2. The molecule has 21 heavy (non-hydrogen) atoms. The van der Waals surface area contributed by atoms with E-state index in [4.69, 9.17) is 11.6 Å². The smallest absolute Gasteiger partial charge is 0.253 e. The van der Waals surface area contributed by atoms with Gasteiger partial charge in [-0.05, 0) is 18.9 Å². The van der Waals surface area contributed by atoms with Crippen LogP contribution in [-0.2, 0) is 6.54 Å². The molecule has 3 rings (SSSR count). The molecule has 1 N–H and O–H groups in total. The van der Waals surface area contributed by atoms with E-state index in [2.05, 4.69) is 15.0 Å². The third-order valence-corrected chi connectivity index (χ3v) is 3.96. The number of halogens is 2. The molecule has 112 valence electrons. The number of hydrogen-bond acceptors (Lipinski definition) is 3. The predicted molar refractivity (Wildman–Crippen MR) is 79.3 cm³/mol. The van der Waals surface area contributed by atoms with Gasteiger partial charge in [0.2, 0.25) is 0 Å². The Morgan fingerprint density at radius 3 is 3.19 bits per heavy atom. The van der Waals surface area contributed by atoms with Crippen LogP contribution in [0.1, 0.15) is 24.4 Å². The molecule has 1 fully saturated rings. The Morgan fingerprint density at radius 1 is 1.52 bits per heavy atom. The summed E-state index contributed by atoms with van der Waals surface area (Å²) in [5.74, 6) is 0.959. The molecule has 0 bridgehead atoms. The molecule has 0 amide bonds. The van der Waals surface area contributed by atoms with Gasteiger partial charge in [0.05, 0.1) is 18.8 Å². The van der Waals surface area contributed by atoms with E-state index in [0.29, 0.717) is 18.0 Å². The van der Waals surface area contributed by atoms with Gasteiger partial charge in [-0.1, -0.05) is 0 Å². The van der Waals surface area contributed by atoms with Gasteiger partial charge in [-0.3, -0.25) is 4.79 Å².